The van der Waals surface area contributed by atoms with E-state index in [-0.39, 0.29) is 60.4 Å². The third kappa shape index (κ3) is 25.1. The van der Waals surface area contributed by atoms with Crippen molar-refractivity contribution in [1.29, 1.82) is 0 Å². The Balaban J connectivity index is 0.000000722. The quantitative estimate of drug-likeness (QED) is 0.0933. The van der Waals surface area contributed by atoms with Gasteiger partial charge in [0, 0.05) is 0 Å². The van der Waals surface area contributed by atoms with Gasteiger partial charge >= 0.3 is 48.9 Å². The van der Waals surface area contributed by atoms with Crippen LogP contribution in [0, 0.1) is 0 Å². The fourth-order valence-corrected chi connectivity index (χ4v) is 4.95. The fourth-order valence-electron chi connectivity index (χ4n) is 4.95. The molecule has 0 aromatic heterocycles. The topological polar surface area (TPSA) is 46.1 Å². The summed E-state index contributed by atoms with van der Waals surface area (Å²) in [7, 11) is 0. The summed E-state index contributed by atoms with van der Waals surface area (Å²) in [6, 6.07) is 14.6. The van der Waals surface area contributed by atoms with Gasteiger partial charge in [-0.1, -0.05) is 178 Å². The third-order valence-corrected chi connectivity index (χ3v) is 7.48. The normalized spacial score (nSPS) is 10.5. The average Bonchev–Trinajstić information content (AvgIpc) is 2.93. The van der Waals surface area contributed by atoms with Crippen LogP contribution in [0.5, 0.6) is 11.5 Å². The van der Waals surface area contributed by atoms with E-state index in [9.17, 15) is 10.2 Å². The molecule has 0 fully saturated rings. The molecule has 0 unspecified atom stereocenters. The number of unbranched alkanes of at least 4 members (excludes halogenated alkanes) is 18. The van der Waals surface area contributed by atoms with Gasteiger partial charge in [-0.15, -0.1) is 11.5 Å². The number of hydrogen-bond acceptors (Lipinski definition) is 2. The summed E-state index contributed by atoms with van der Waals surface area (Å²) in [6.07, 6.45) is 29.8. The third-order valence-electron chi connectivity index (χ3n) is 7.48. The molecular weight excluding hydrogens is 602 g/mol. The Labute approximate surface area is 282 Å². The van der Waals surface area contributed by atoms with Crippen LogP contribution in [0.1, 0.15) is 153 Å². The van der Waals surface area contributed by atoms with E-state index in [0.717, 1.165) is 12.8 Å². The maximum absolute atomic E-state index is 11.0. The van der Waals surface area contributed by atoms with Crippen LogP contribution in [0.3, 0.4) is 0 Å². The number of benzene rings is 2. The van der Waals surface area contributed by atoms with Crippen molar-refractivity contribution < 1.29 is 10.2 Å². The Kier molecular flexibility index (Phi) is 28.8. The minimum atomic E-state index is 0. The largest absolute Gasteiger partial charge is 2.00 e. The summed E-state index contributed by atoms with van der Waals surface area (Å²) in [5, 5.41) is 21.9. The summed E-state index contributed by atoms with van der Waals surface area (Å²) >= 11 is 0. The summed E-state index contributed by atoms with van der Waals surface area (Å²) in [5.41, 5.74) is 2.61. The van der Waals surface area contributed by atoms with E-state index in [2.05, 4.69) is 13.8 Å². The van der Waals surface area contributed by atoms with Crippen molar-refractivity contribution in [3.05, 3.63) is 59.7 Å². The monoisotopic (exact) mass is 660 g/mol. The van der Waals surface area contributed by atoms with E-state index in [1.165, 1.54) is 140 Å². The van der Waals surface area contributed by atoms with E-state index in [1.54, 1.807) is 24.3 Å². The van der Waals surface area contributed by atoms with Crippen LogP contribution in [-0.4, -0.2) is 48.9 Å². The molecule has 0 saturated heterocycles. The van der Waals surface area contributed by atoms with Gasteiger partial charge in [0.2, 0.25) is 0 Å². The molecule has 0 N–H and O–H groups in total. The van der Waals surface area contributed by atoms with Gasteiger partial charge in [-0.05, 0) is 36.8 Å². The average molecular weight is 660 g/mol. The van der Waals surface area contributed by atoms with Crippen molar-refractivity contribution in [2.75, 3.05) is 0 Å². The van der Waals surface area contributed by atoms with Gasteiger partial charge in [0.05, 0.1) is 0 Å². The molecular formula is C36H58BaO2. The first kappa shape index (κ1) is 38.6. The molecule has 3 heteroatoms. The molecule has 39 heavy (non-hydrogen) atoms. The van der Waals surface area contributed by atoms with Crippen LogP contribution in [0.2, 0.25) is 0 Å². The minimum Gasteiger partial charge on any atom is -0.872 e. The van der Waals surface area contributed by atoms with Gasteiger partial charge in [0.15, 0.2) is 0 Å². The Morgan fingerprint density at radius 2 is 0.590 bits per heavy atom. The zero-order valence-electron chi connectivity index (χ0n) is 25.7. The minimum absolute atomic E-state index is 0. The zero-order chi connectivity index (χ0) is 27.5. The summed E-state index contributed by atoms with van der Waals surface area (Å²) < 4.78 is 0. The van der Waals surface area contributed by atoms with Crippen LogP contribution < -0.4 is 10.2 Å². The molecule has 0 radical (unpaired) electrons. The molecule has 2 nitrogen and oxygen atoms in total. The second-order valence-corrected chi connectivity index (χ2v) is 11.2. The molecule has 0 saturated carbocycles. The van der Waals surface area contributed by atoms with Crippen molar-refractivity contribution in [3.8, 4) is 11.5 Å². The first-order chi connectivity index (χ1) is 18.7. The van der Waals surface area contributed by atoms with Crippen LogP contribution in [-0.2, 0) is 12.8 Å². The number of hydrogen-bond donors (Lipinski definition) is 0. The molecule has 0 amide bonds. The van der Waals surface area contributed by atoms with Crippen molar-refractivity contribution in [2.24, 2.45) is 0 Å². The van der Waals surface area contributed by atoms with Crippen molar-refractivity contribution in [1.82, 2.24) is 0 Å². The Hall–Kier alpha value is -0.389. The van der Waals surface area contributed by atoms with Crippen molar-refractivity contribution >= 4 is 48.9 Å². The van der Waals surface area contributed by atoms with E-state index in [4.69, 9.17) is 0 Å². The number of rotatable bonds is 22. The molecule has 2 rings (SSSR count). The summed E-state index contributed by atoms with van der Waals surface area (Å²) in [6.45, 7) is 4.54. The van der Waals surface area contributed by atoms with E-state index in [1.807, 2.05) is 24.3 Å². The second-order valence-electron chi connectivity index (χ2n) is 11.2. The molecule has 0 bridgehead atoms. The van der Waals surface area contributed by atoms with E-state index >= 15 is 0 Å². The zero-order valence-corrected chi connectivity index (χ0v) is 30.1. The molecule has 0 aliphatic carbocycles. The van der Waals surface area contributed by atoms with Gasteiger partial charge in [-0.2, -0.15) is 0 Å². The second kappa shape index (κ2) is 29.1. The van der Waals surface area contributed by atoms with Crippen molar-refractivity contribution in [3.63, 3.8) is 0 Å². The van der Waals surface area contributed by atoms with Crippen LogP contribution >= 0.6 is 0 Å². The maximum atomic E-state index is 11.0. The summed E-state index contributed by atoms with van der Waals surface area (Å²) in [5.74, 6) is 0.235. The Bertz CT molecular complexity index is 676. The first-order valence-electron chi connectivity index (χ1n) is 16.2. The predicted octanol–water partition coefficient (Wildman–Crippen LogP) is 10.1. The Morgan fingerprint density at radius 3 is 0.846 bits per heavy atom. The van der Waals surface area contributed by atoms with E-state index < -0.39 is 0 Å². The molecule has 0 atom stereocenters. The first-order valence-corrected chi connectivity index (χ1v) is 16.2. The SMILES string of the molecule is CCCCCCCCCCCCc1ccc([O-])cc1.CCCCCCCCCCCCc1ccc([O-])cc1.[Ba+2]. The molecule has 216 valence electrons. The van der Waals surface area contributed by atoms with Crippen molar-refractivity contribution in [2.45, 2.75) is 155 Å². The Morgan fingerprint density at radius 1 is 0.359 bits per heavy atom. The van der Waals surface area contributed by atoms with Gasteiger partial charge in [-0.25, -0.2) is 0 Å². The molecule has 0 spiro atoms. The van der Waals surface area contributed by atoms with Gasteiger partial charge < -0.3 is 10.2 Å². The molecule has 0 aliphatic heterocycles. The van der Waals surface area contributed by atoms with Gasteiger partial charge in [0.25, 0.3) is 0 Å². The smallest absolute Gasteiger partial charge is 0.872 e. The summed E-state index contributed by atoms with van der Waals surface area (Å²) in [4.78, 5) is 0. The number of aryl methyl sites for hydroxylation is 2. The molecule has 2 aromatic rings. The molecule has 0 heterocycles. The predicted molar refractivity (Wildman–Crippen MR) is 169 cm³/mol. The molecule has 0 aliphatic rings. The molecule has 2 aromatic carbocycles. The standard InChI is InChI=1S/2C18H30O.Ba/c2*1-2-3-4-5-6-7-8-9-10-11-12-17-13-15-18(19)16-14-17;/h2*13-16,19H,2-12H2,1H3;/q;;+2/p-2. The van der Waals surface area contributed by atoms with Gasteiger partial charge in [0.1, 0.15) is 0 Å². The van der Waals surface area contributed by atoms with Crippen LogP contribution in [0.4, 0.5) is 0 Å². The maximum Gasteiger partial charge on any atom is 2.00 e. The van der Waals surface area contributed by atoms with Crippen LogP contribution in [0.25, 0.3) is 0 Å². The van der Waals surface area contributed by atoms with Crippen LogP contribution in [0.15, 0.2) is 48.5 Å². The fraction of sp³-hybridized carbons (Fsp3) is 0.667. The van der Waals surface area contributed by atoms with Gasteiger partial charge in [-0.3, -0.25) is 0 Å². The van der Waals surface area contributed by atoms with E-state index in [0.29, 0.717) is 0 Å².